The van der Waals surface area contributed by atoms with E-state index >= 15 is 0 Å². The molecule has 0 aliphatic carbocycles. The topological polar surface area (TPSA) is 91.2 Å². The smallest absolute Gasteiger partial charge is 0.236 e. The summed E-state index contributed by atoms with van der Waals surface area (Å²) < 4.78 is 13.3. The predicted molar refractivity (Wildman–Crippen MR) is 139 cm³/mol. The molecule has 2 aromatic heterocycles. The zero-order chi connectivity index (χ0) is 24.8. The van der Waals surface area contributed by atoms with E-state index < -0.39 is 0 Å². The van der Waals surface area contributed by atoms with Gasteiger partial charge in [-0.15, -0.1) is 21.5 Å². The Balaban J connectivity index is 1.34. The molecule has 0 atom stereocenters. The molecule has 0 unspecified atom stereocenters. The maximum absolute atomic E-state index is 12.5. The molecule has 2 aromatic carbocycles. The van der Waals surface area contributed by atoms with Crippen molar-refractivity contribution in [3.63, 3.8) is 0 Å². The number of hydrogen-bond acceptors (Lipinski definition) is 8. The molecule has 4 rings (SSSR count). The van der Waals surface area contributed by atoms with E-state index in [0.717, 1.165) is 16.8 Å². The summed E-state index contributed by atoms with van der Waals surface area (Å²) in [6.45, 7) is 6.95. The highest BCUT2D eigenvalue weighted by molar-refractivity contribution is 7.99. The van der Waals surface area contributed by atoms with E-state index in [2.05, 4.69) is 20.5 Å². The van der Waals surface area contributed by atoms with Gasteiger partial charge in [0.15, 0.2) is 27.6 Å². The highest BCUT2D eigenvalue weighted by atomic mass is 32.2. The molecule has 0 saturated heterocycles. The quantitative estimate of drug-likeness (QED) is 0.288. The van der Waals surface area contributed by atoms with Crippen LogP contribution in [0.5, 0.6) is 11.5 Å². The van der Waals surface area contributed by atoms with Crippen LogP contribution in [0.4, 0.5) is 5.13 Å². The molecule has 0 bridgehead atoms. The van der Waals surface area contributed by atoms with E-state index in [4.69, 9.17) is 9.47 Å². The number of thiazole rings is 1. The highest BCUT2D eigenvalue weighted by Gasteiger charge is 2.16. The Morgan fingerprint density at radius 3 is 2.60 bits per heavy atom. The summed E-state index contributed by atoms with van der Waals surface area (Å²) in [6.07, 6.45) is 0. The second-order valence-electron chi connectivity index (χ2n) is 7.83. The van der Waals surface area contributed by atoms with Gasteiger partial charge in [0, 0.05) is 17.5 Å². The average molecular weight is 510 g/mol. The van der Waals surface area contributed by atoms with Gasteiger partial charge in [-0.25, -0.2) is 4.98 Å². The van der Waals surface area contributed by atoms with E-state index in [1.165, 1.54) is 28.7 Å². The number of amides is 1. The molecule has 0 radical (unpaired) electrons. The van der Waals surface area contributed by atoms with E-state index in [1.807, 2.05) is 73.2 Å². The summed E-state index contributed by atoms with van der Waals surface area (Å²) in [5, 5.41) is 14.6. The Bertz CT molecular complexity index is 1300. The van der Waals surface area contributed by atoms with Crippen LogP contribution in [0.1, 0.15) is 23.9 Å². The van der Waals surface area contributed by atoms with Crippen molar-refractivity contribution in [3.8, 4) is 22.8 Å². The van der Waals surface area contributed by atoms with Crippen molar-refractivity contribution < 1.29 is 14.3 Å². The van der Waals surface area contributed by atoms with Gasteiger partial charge >= 0.3 is 0 Å². The van der Waals surface area contributed by atoms with Gasteiger partial charge in [-0.3, -0.25) is 4.79 Å². The van der Waals surface area contributed by atoms with Crippen LogP contribution in [0.3, 0.4) is 0 Å². The van der Waals surface area contributed by atoms with Gasteiger partial charge in [0.05, 0.1) is 18.6 Å². The van der Waals surface area contributed by atoms with Crippen LogP contribution < -0.4 is 14.8 Å². The lowest BCUT2D eigenvalue weighted by atomic mass is 10.1. The maximum atomic E-state index is 12.5. The van der Waals surface area contributed by atoms with E-state index in [1.54, 1.807) is 7.11 Å². The predicted octanol–water partition coefficient (Wildman–Crippen LogP) is 5.36. The molecule has 10 heteroatoms. The molecule has 0 spiro atoms. The Morgan fingerprint density at radius 1 is 1.09 bits per heavy atom. The number of carbonyl (C=O) groups excluding carboxylic acids is 1. The summed E-state index contributed by atoms with van der Waals surface area (Å²) in [5.74, 6) is 2.05. The molecule has 182 valence electrons. The number of benzene rings is 2. The van der Waals surface area contributed by atoms with Gasteiger partial charge in [0.25, 0.3) is 0 Å². The minimum absolute atomic E-state index is 0.146. The lowest BCUT2D eigenvalue weighted by molar-refractivity contribution is -0.113. The van der Waals surface area contributed by atoms with Gasteiger partial charge in [-0.05, 0) is 38.5 Å². The van der Waals surface area contributed by atoms with Gasteiger partial charge in [-0.1, -0.05) is 47.7 Å². The number of rotatable bonds is 10. The second kappa shape index (κ2) is 11.4. The first kappa shape index (κ1) is 24.7. The molecular formula is C25H27N5O3S2. The maximum Gasteiger partial charge on any atom is 0.236 e. The number of anilines is 1. The molecule has 1 amide bonds. The number of nitrogens with zero attached hydrogens (tertiary/aromatic N) is 4. The Labute approximate surface area is 212 Å². The fraction of sp³-hybridized carbons (Fsp3) is 0.280. The normalized spacial score (nSPS) is 10.9. The Morgan fingerprint density at radius 2 is 1.86 bits per heavy atom. The average Bonchev–Trinajstić information content (AvgIpc) is 3.48. The third-order valence-corrected chi connectivity index (χ3v) is 6.94. The molecule has 0 aliphatic heterocycles. The molecule has 0 aliphatic rings. The summed E-state index contributed by atoms with van der Waals surface area (Å²) >= 11 is 2.74. The number of aryl methyl sites for hydroxylation is 2. The summed E-state index contributed by atoms with van der Waals surface area (Å²) in [6, 6.07) is 13.9. The summed E-state index contributed by atoms with van der Waals surface area (Å²) in [5.41, 5.74) is 4.15. The van der Waals surface area contributed by atoms with Crippen molar-refractivity contribution in [2.24, 2.45) is 0 Å². The van der Waals surface area contributed by atoms with E-state index in [-0.39, 0.29) is 18.3 Å². The molecular weight excluding hydrogens is 482 g/mol. The number of aromatic nitrogens is 4. The number of nitrogens with one attached hydrogen (secondary N) is 1. The number of methoxy groups -OCH3 is 1. The zero-order valence-electron chi connectivity index (χ0n) is 20.1. The fourth-order valence-electron chi connectivity index (χ4n) is 3.36. The third-order valence-electron chi connectivity index (χ3n) is 5.22. The molecule has 35 heavy (non-hydrogen) atoms. The minimum atomic E-state index is -0.146. The van der Waals surface area contributed by atoms with Gasteiger partial charge in [0.1, 0.15) is 6.61 Å². The van der Waals surface area contributed by atoms with Crippen LogP contribution in [0.15, 0.2) is 53.0 Å². The van der Waals surface area contributed by atoms with E-state index in [9.17, 15) is 4.79 Å². The van der Waals surface area contributed by atoms with Crippen LogP contribution in [-0.4, -0.2) is 38.5 Å². The molecule has 0 saturated carbocycles. The van der Waals surface area contributed by atoms with Crippen molar-refractivity contribution in [1.82, 2.24) is 19.7 Å². The zero-order valence-corrected chi connectivity index (χ0v) is 21.7. The monoisotopic (exact) mass is 509 g/mol. The Kier molecular flexibility index (Phi) is 8.04. The molecule has 0 fully saturated rings. The number of hydrogen-bond donors (Lipinski definition) is 1. The van der Waals surface area contributed by atoms with Crippen LogP contribution in [-0.2, 0) is 17.9 Å². The first-order valence-corrected chi connectivity index (χ1v) is 13.0. The van der Waals surface area contributed by atoms with Crippen LogP contribution in [0.2, 0.25) is 0 Å². The van der Waals surface area contributed by atoms with Crippen molar-refractivity contribution in [2.45, 2.75) is 39.1 Å². The molecule has 1 N–H and O–H groups in total. The molecule has 4 aromatic rings. The van der Waals surface area contributed by atoms with E-state index in [0.29, 0.717) is 34.2 Å². The first-order valence-electron chi connectivity index (χ1n) is 11.1. The fourth-order valence-corrected chi connectivity index (χ4v) is 4.92. The lowest BCUT2D eigenvalue weighted by Gasteiger charge is -2.12. The number of thioether (sulfide) groups is 1. The summed E-state index contributed by atoms with van der Waals surface area (Å²) in [7, 11) is 1.62. The number of carbonyl (C=O) groups is 1. The van der Waals surface area contributed by atoms with Crippen LogP contribution in [0, 0.1) is 13.8 Å². The van der Waals surface area contributed by atoms with Gasteiger partial charge in [0.2, 0.25) is 5.91 Å². The highest BCUT2D eigenvalue weighted by Crippen LogP contribution is 2.29. The first-order chi connectivity index (χ1) is 17.0. The molecule has 8 nitrogen and oxygen atoms in total. The van der Waals surface area contributed by atoms with Gasteiger partial charge in [-0.2, -0.15) is 0 Å². The van der Waals surface area contributed by atoms with Crippen molar-refractivity contribution in [3.05, 3.63) is 64.8 Å². The van der Waals surface area contributed by atoms with Crippen molar-refractivity contribution in [2.75, 3.05) is 18.2 Å². The SMILES string of the molecule is CCn1c(COc2ccc(C)cc2OC)nnc1SCC(=O)Nc1nc(-c2ccc(C)cc2)cs1. The largest absolute Gasteiger partial charge is 0.493 e. The van der Waals surface area contributed by atoms with Crippen LogP contribution in [0.25, 0.3) is 11.3 Å². The van der Waals surface area contributed by atoms with Crippen molar-refractivity contribution >= 4 is 34.1 Å². The minimum Gasteiger partial charge on any atom is -0.493 e. The van der Waals surface area contributed by atoms with Gasteiger partial charge < -0.3 is 19.4 Å². The third kappa shape index (κ3) is 6.20. The second-order valence-corrected chi connectivity index (χ2v) is 9.63. The van der Waals surface area contributed by atoms with Crippen LogP contribution >= 0.6 is 23.1 Å². The van der Waals surface area contributed by atoms with Crippen molar-refractivity contribution in [1.29, 1.82) is 0 Å². The Hall–Kier alpha value is -3.37. The summed E-state index contributed by atoms with van der Waals surface area (Å²) in [4.78, 5) is 17.1. The number of ether oxygens (including phenoxy) is 2. The molecule has 2 heterocycles. The lowest BCUT2D eigenvalue weighted by Crippen LogP contribution is -2.14. The standard InChI is InChI=1S/C25H27N5O3S2/c1-5-30-22(13-33-20-11-8-17(3)12-21(20)32-4)28-29-25(30)35-15-23(31)27-24-26-19(14-34-24)18-9-6-16(2)7-10-18/h6-12,14H,5,13,15H2,1-4H3,(H,26,27,31).